The van der Waals surface area contributed by atoms with Crippen LogP contribution >= 0.6 is 0 Å². The third-order valence-corrected chi connectivity index (χ3v) is 5.79. The summed E-state index contributed by atoms with van der Waals surface area (Å²) < 4.78 is 6.43. The Hall–Kier alpha value is -4.64. The van der Waals surface area contributed by atoms with Crippen molar-refractivity contribution < 1.29 is 19.0 Å². The maximum absolute atomic E-state index is 11.0. The highest BCUT2D eigenvalue weighted by atomic mass is 17.2. The molecule has 36 heavy (non-hydrogen) atoms. The van der Waals surface area contributed by atoms with E-state index in [-0.39, 0.29) is 0 Å². The SMILES string of the molecule is CC(=O)OOc1cccc(CCc2ccccc2-c2nc(-c3ccccc3)c(-c3ccccc3)o2)c1. The normalized spacial score (nSPS) is 10.7. The molecular weight excluding hydrogens is 450 g/mol. The number of nitrogens with zero attached hydrogens (tertiary/aromatic N) is 1. The van der Waals surface area contributed by atoms with Gasteiger partial charge in [0, 0.05) is 23.6 Å². The van der Waals surface area contributed by atoms with E-state index in [9.17, 15) is 4.79 Å². The van der Waals surface area contributed by atoms with Crippen LogP contribution in [0.4, 0.5) is 0 Å². The molecule has 0 spiro atoms. The van der Waals surface area contributed by atoms with Gasteiger partial charge in [0.05, 0.1) is 0 Å². The van der Waals surface area contributed by atoms with Crippen molar-refractivity contribution in [3.05, 3.63) is 120 Å². The van der Waals surface area contributed by atoms with E-state index in [2.05, 4.69) is 11.0 Å². The van der Waals surface area contributed by atoms with E-state index in [1.807, 2.05) is 97.1 Å². The number of oxazole rings is 1. The molecule has 1 aromatic heterocycles. The first-order valence-electron chi connectivity index (χ1n) is 11.8. The summed E-state index contributed by atoms with van der Waals surface area (Å²) in [5.74, 6) is 1.34. The molecule has 1 heterocycles. The number of aromatic nitrogens is 1. The molecule has 5 nitrogen and oxygen atoms in total. The zero-order chi connectivity index (χ0) is 24.7. The minimum Gasteiger partial charge on any atom is -0.435 e. The molecule has 0 saturated heterocycles. The van der Waals surface area contributed by atoms with Crippen molar-refractivity contribution >= 4 is 5.97 Å². The molecule has 0 fully saturated rings. The van der Waals surface area contributed by atoms with Gasteiger partial charge in [-0.1, -0.05) is 91.0 Å². The Kier molecular flexibility index (Phi) is 6.90. The number of carbonyl (C=O) groups excluding carboxylic acids is 1. The fourth-order valence-electron chi connectivity index (χ4n) is 4.10. The molecule has 5 rings (SSSR count). The molecule has 0 radical (unpaired) electrons. The van der Waals surface area contributed by atoms with Crippen LogP contribution < -0.4 is 4.89 Å². The molecule has 0 unspecified atom stereocenters. The predicted molar refractivity (Wildman–Crippen MR) is 139 cm³/mol. The van der Waals surface area contributed by atoms with Crippen LogP contribution in [0.25, 0.3) is 34.0 Å². The maximum atomic E-state index is 11.0. The summed E-state index contributed by atoms with van der Waals surface area (Å²) in [5.41, 5.74) is 5.97. The molecule has 0 aliphatic carbocycles. The van der Waals surface area contributed by atoms with Gasteiger partial charge in [-0.2, -0.15) is 0 Å². The lowest BCUT2D eigenvalue weighted by atomic mass is 9.99. The largest absolute Gasteiger partial charge is 0.435 e. The number of aryl methyl sites for hydroxylation is 2. The third-order valence-electron chi connectivity index (χ3n) is 5.79. The van der Waals surface area contributed by atoms with E-state index in [0.717, 1.165) is 52.1 Å². The number of carbonyl (C=O) groups is 1. The minimum atomic E-state index is -0.495. The second kappa shape index (κ2) is 10.7. The second-order valence-corrected chi connectivity index (χ2v) is 8.39. The molecule has 178 valence electrons. The highest BCUT2D eigenvalue weighted by Crippen LogP contribution is 2.37. The van der Waals surface area contributed by atoms with Gasteiger partial charge < -0.3 is 4.42 Å². The summed E-state index contributed by atoms with van der Waals surface area (Å²) in [4.78, 5) is 25.7. The van der Waals surface area contributed by atoms with Gasteiger partial charge in [-0.15, -0.1) is 0 Å². The molecule has 5 heteroatoms. The van der Waals surface area contributed by atoms with E-state index >= 15 is 0 Å². The Morgan fingerprint density at radius 3 is 2.22 bits per heavy atom. The number of hydrogen-bond acceptors (Lipinski definition) is 5. The lowest BCUT2D eigenvalue weighted by molar-refractivity contribution is -0.210. The molecule has 0 aliphatic heterocycles. The van der Waals surface area contributed by atoms with Crippen molar-refractivity contribution in [1.82, 2.24) is 4.98 Å². The van der Waals surface area contributed by atoms with Gasteiger partial charge in [0.25, 0.3) is 0 Å². The van der Waals surface area contributed by atoms with Gasteiger partial charge >= 0.3 is 5.97 Å². The number of rotatable bonds is 8. The van der Waals surface area contributed by atoms with Crippen LogP contribution in [0.5, 0.6) is 5.75 Å². The standard InChI is InChI=1S/C31H25NO4/c1-22(33)35-36-27-17-10-11-23(21-27)19-20-24-12-8-9-18-28(24)31-32-29(25-13-4-2-5-14-25)30(34-31)26-15-6-3-7-16-26/h2-18,21H,19-20H2,1H3. The van der Waals surface area contributed by atoms with Crippen LogP contribution in [0, 0.1) is 0 Å². The van der Waals surface area contributed by atoms with E-state index in [1.54, 1.807) is 6.07 Å². The fourth-order valence-corrected chi connectivity index (χ4v) is 4.10. The van der Waals surface area contributed by atoms with Crippen LogP contribution in [0.3, 0.4) is 0 Å². The summed E-state index contributed by atoms with van der Waals surface area (Å²) in [6.07, 6.45) is 1.54. The first kappa shape index (κ1) is 23.1. The van der Waals surface area contributed by atoms with Crippen molar-refractivity contribution in [2.75, 3.05) is 0 Å². The first-order valence-corrected chi connectivity index (χ1v) is 11.8. The fraction of sp³-hybridized carbons (Fsp3) is 0.0968. The van der Waals surface area contributed by atoms with Crippen LogP contribution in [0.15, 0.2) is 114 Å². The van der Waals surface area contributed by atoms with Crippen LogP contribution in [-0.4, -0.2) is 11.0 Å². The number of benzene rings is 4. The third kappa shape index (κ3) is 5.36. The van der Waals surface area contributed by atoms with E-state index in [4.69, 9.17) is 14.3 Å². The zero-order valence-corrected chi connectivity index (χ0v) is 19.9. The van der Waals surface area contributed by atoms with Crippen LogP contribution in [0.1, 0.15) is 18.1 Å². The summed E-state index contributed by atoms with van der Waals surface area (Å²) in [6, 6.07) is 35.9. The topological polar surface area (TPSA) is 61.6 Å². The highest BCUT2D eigenvalue weighted by Gasteiger charge is 2.19. The van der Waals surface area contributed by atoms with Gasteiger partial charge in [-0.25, -0.2) is 9.78 Å². The average molecular weight is 476 g/mol. The lowest BCUT2D eigenvalue weighted by Gasteiger charge is -2.08. The average Bonchev–Trinajstić information content (AvgIpc) is 3.38. The quantitative estimate of drug-likeness (QED) is 0.174. The van der Waals surface area contributed by atoms with E-state index < -0.39 is 5.97 Å². The van der Waals surface area contributed by atoms with Gasteiger partial charge in [0.15, 0.2) is 11.5 Å². The van der Waals surface area contributed by atoms with E-state index in [0.29, 0.717) is 11.6 Å². The summed E-state index contributed by atoms with van der Waals surface area (Å²) >= 11 is 0. The highest BCUT2D eigenvalue weighted by molar-refractivity contribution is 5.79. The second-order valence-electron chi connectivity index (χ2n) is 8.39. The molecule has 4 aromatic carbocycles. The van der Waals surface area contributed by atoms with Crippen molar-refractivity contribution in [1.29, 1.82) is 0 Å². The molecule has 0 saturated carbocycles. The van der Waals surface area contributed by atoms with Gasteiger partial charge in [0.2, 0.25) is 5.89 Å². The first-order chi connectivity index (χ1) is 17.7. The Morgan fingerprint density at radius 2 is 1.47 bits per heavy atom. The van der Waals surface area contributed by atoms with Crippen LogP contribution in [-0.2, 0) is 22.5 Å². The minimum absolute atomic E-state index is 0.490. The van der Waals surface area contributed by atoms with Crippen molar-refractivity contribution in [2.24, 2.45) is 0 Å². The monoisotopic (exact) mass is 475 g/mol. The smallest absolute Gasteiger partial charge is 0.352 e. The molecule has 5 aromatic rings. The molecular formula is C31H25NO4. The van der Waals surface area contributed by atoms with Gasteiger partial charge in [0.1, 0.15) is 5.69 Å². The van der Waals surface area contributed by atoms with Gasteiger partial charge in [-0.05, 0) is 42.2 Å². The molecule has 0 bridgehead atoms. The molecule has 0 amide bonds. The Bertz CT molecular complexity index is 1400. The Balaban J connectivity index is 1.45. The van der Waals surface area contributed by atoms with Crippen molar-refractivity contribution in [3.8, 4) is 39.8 Å². The zero-order valence-electron chi connectivity index (χ0n) is 19.9. The summed E-state index contributed by atoms with van der Waals surface area (Å²) in [6.45, 7) is 1.30. The predicted octanol–water partition coefficient (Wildman–Crippen LogP) is 7.32. The molecule has 0 atom stereocenters. The van der Waals surface area contributed by atoms with Crippen LogP contribution in [0.2, 0.25) is 0 Å². The summed E-state index contributed by atoms with van der Waals surface area (Å²) in [5, 5.41) is 0. The maximum Gasteiger partial charge on any atom is 0.352 e. The summed E-state index contributed by atoms with van der Waals surface area (Å²) in [7, 11) is 0. The Morgan fingerprint density at radius 1 is 0.778 bits per heavy atom. The van der Waals surface area contributed by atoms with Crippen molar-refractivity contribution in [2.45, 2.75) is 19.8 Å². The molecule has 0 N–H and O–H groups in total. The Labute approximate surface area is 209 Å². The van der Waals surface area contributed by atoms with Crippen molar-refractivity contribution in [3.63, 3.8) is 0 Å². The lowest BCUT2D eigenvalue weighted by Crippen LogP contribution is -2.03. The number of hydrogen-bond donors (Lipinski definition) is 0. The van der Waals surface area contributed by atoms with E-state index in [1.165, 1.54) is 6.92 Å². The van der Waals surface area contributed by atoms with Gasteiger partial charge in [-0.3, -0.25) is 9.78 Å². The molecule has 0 aliphatic rings.